The number of hydrogen-bond donors (Lipinski definition) is 1. The molecule has 1 fully saturated rings. The summed E-state index contributed by atoms with van der Waals surface area (Å²) in [6.07, 6.45) is 2.38. The van der Waals surface area contributed by atoms with Gasteiger partial charge in [0.2, 0.25) is 5.76 Å². The molecule has 1 aliphatic heterocycles. The smallest absolute Gasteiger partial charge is 0.292 e. The third-order valence-corrected chi connectivity index (χ3v) is 5.93. The van der Waals surface area contributed by atoms with Gasteiger partial charge in [-0.25, -0.2) is 4.68 Å². The number of ether oxygens (including phenoxy) is 1. The van der Waals surface area contributed by atoms with Crippen LogP contribution in [0.3, 0.4) is 0 Å². The average molecular weight is 452 g/mol. The Labute approximate surface area is 192 Å². The third kappa shape index (κ3) is 4.98. The standard InChI is InChI=1S/C24H29N5O4/c1-16(2)19-15-20(33-27-19)24(31)28-13-10-18(11-14-28)29-21(9-12-25-29)26-23(30)22(32-3)17-7-5-4-6-8-17/h4-9,12,15-16,18,22H,10-11,13-14H2,1-3H3,(H,26,30)/t22-/m1/s1. The van der Waals surface area contributed by atoms with Gasteiger partial charge in [0.25, 0.3) is 11.8 Å². The highest BCUT2D eigenvalue weighted by molar-refractivity contribution is 5.94. The zero-order valence-corrected chi connectivity index (χ0v) is 19.1. The van der Waals surface area contributed by atoms with Crippen molar-refractivity contribution in [3.8, 4) is 0 Å². The fourth-order valence-corrected chi connectivity index (χ4v) is 4.05. The summed E-state index contributed by atoms with van der Waals surface area (Å²) in [6.45, 7) is 5.15. The molecule has 0 unspecified atom stereocenters. The van der Waals surface area contributed by atoms with Crippen molar-refractivity contribution in [1.82, 2.24) is 19.8 Å². The summed E-state index contributed by atoms with van der Waals surface area (Å²) in [5.74, 6) is 0.682. The highest BCUT2D eigenvalue weighted by Crippen LogP contribution is 2.27. The van der Waals surface area contributed by atoms with Crippen LogP contribution >= 0.6 is 0 Å². The number of anilines is 1. The largest absolute Gasteiger partial charge is 0.367 e. The third-order valence-electron chi connectivity index (χ3n) is 5.93. The Kier molecular flexibility index (Phi) is 6.88. The predicted molar refractivity (Wildman–Crippen MR) is 122 cm³/mol. The molecule has 0 aliphatic carbocycles. The van der Waals surface area contributed by atoms with Crippen molar-refractivity contribution in [2.75, 3.05) is 25.5 Å². The van der Waals surface area contributed by atoms with Gasteiger partial charge in [0.1, 0.15) is 5.82 Å². The predicted octanol–water partition coefficient (Wildman–Crippen LogP) is 3.80. The number of likely N-dealkylation sites (tertiary alicyclic amines) is 1. The molecule has 9 heteroatoms. The zero-order valence-electron chi connectivity index (χ0n) is 19.1. The van der Waals surface area contributed by atoms with Crippen LogP contribution in [0, 0.1) is 0 Å². The highest BCUT2D eigenvalue weighted by Gasteiger charge is 2.29. The lowest BCUT2D eigenvalue weighted by Crippen LogP contribution is -2.39. The van der Waals surface area contributed by atoms with Crippen molar-refractivity contribution >= 4 is 17.6 Å². The van der Waals surface area contributed by atoms with Crippen molar-refractivity contribution < 1.29 is 18.8 Å². The second-order valence-corrected chi connectivity index (χ2v) is 8.47. The van der Waals surface area contributed by atoms with Crippen LogP contribution in [0.15, 0.2) is 53.2 Å². The minimum atomic E-state index is -0.716. The Morgan fingerprint density at radius 1 is 1.15 bits per heavy atom. The van der Waals surface area contributed by atoms with Crippen LogP contribution in [-0.2, 0) is 9.53 Å². The van der Waals surface area contributed by atoms with Crippen LogP contribution in [0.5, 0.6) is 0 Å². The first-order valence-corrected chi connectivity index (χ1v) is 11.2. The van der Waals surface area contributed by atoms with Gasteiger partial charge >= 0.3 is 0 Å². The lowest BCUT2D eigenvalue weighted by atomic mass is 10.0. The molecule has 1 saturated heterocycles. The number of hydrogen-bond acceptors (Lipinski definition) is 6. The van der Waals surface area contributed by atoms with Crippen LogP contribution in [0.25, 0.3) is 0 Å². The Morgan fingerprint density at radius 3 is 2.52 bits per heavy atom. The summed E-state index contributed by atoms with van der Waals surface area (Å²) in [6, 6.07) is 12.9. The van der Waals surface area contributed by atoms with E-state index in [2.05, 4.69) is 15.6 Å². The summed E-state index contributed by atoms with van der Waals surface area (Å²) in [5, 5.41) is 11.4. The number of carbonyl (C=O) groups excluding carboxylic acids is 2. The van der Waals surface area contributed by atoms with E-state index in [1.54, 1.807) is 23.2 Å². The molecule has 0 saturated carbocycles. The van der Waals surface area contributed by atoms with E-state index in [4.69, 9.17) is 9.26 Å². The number of rotatable bonds is 7. The first-order valence-electron chi connectivity index (χ1n) is 11.2. The number of nitrogens with one attached hydrogen (secondary N) is 1. The highest BCUT2D eigenvalue weighted by atomic mass is 16.5. The van der Waals surface area contributed by atoms with Crippen molar-refractivity contribution in [2.24, 2.45) is 0 Å². The van der Waals surface area contributed by atoms with Crippen LogP contribution in [0.4, 0.5) is 5.82 Å². The fraction of sp³-hybridized carbons (Fsp3) is 0.417. The number of aromatic nitrogens is 3. The number of amides is 2. The SMILES string of the molecule is CO[C@@H](C(=O)Nc1ccnn1C1CCN(C(=O)c2cc(C(C)C)no2)CC1)c1ccccc1. The van der Waals surface area contributed by atoms with E-state index in [1.165, 1.54) is 7.11 Å². The van der Waals surface area contributed by atoms with Crippen molar-refractivity contribution in [1.29, 1.82) is 0 Å². The summed E-state index contributed by atoms with van der Waals surface area (Å²) >= 11 is 0. The topological polar surface area (TPSA) is 102 Å². The molecule has 1 aliphatic rings. The molecule has 0 bridgehead atoms. The molecule has 174 valence electrons. The number of nitrogens with zero attached hydrogens (tertiary/aromatic N) is 4. The summed E-state index contributed by atoms with van der Waals surface area (Å²) in [4.78, 5) is 27.4. The summed E-state index contributed by atoms with van der Waals surface area (Å²) < 4.78 is 12.5. The molecule has 3 aromatic rings. The quantitative estimate of drug-likeness (QED) is 0.586. The van der Waals surface area contributed by atoms with E-state index >= 15 is 0 Å². The molecular formula is C24H29N5O4. The Balaban J connectivity index is 1.38. The van der Waals surface area contributed by atoms with E-state index in [-0.39, 0.29) is 29.5 Å². The van der Waals surface area contributed by atoms with Crippen LogP contribution in [0.2, 0.25) is 0 Å². The second-order valence-electron chi connectivity index (χ2n) is 8.47. The Morgan fingerprint density at radius 2 is 1.88 bits per heavy atom. The van der Waals surface area contributed by atoms with Gasteiger partial charge in [-0.3, -0.25) is 9.59 Å². The summed E-state index contributed by atoms with van der Waals surface area (Å²) in [5.41, 5.74) is 1.55. The first kappa shape index (κ1) is 22.7. The molecule has 1 atom stereocenters. The molecule has 0 spiro atoms. The van der Waals surface area contributed by atoms with Crippen LogP contribution in [-0.4, -0.2) is 51.9 Å². The number of methoxy groups -OCH3 is 1. The van der Waals surface area contributed by atoms with E-state index in [0.717, 1.165) is 11.3 Å². The lowest BCUT2D eigenvalue weighted by molar-refractivity contribution is -0.126. The monoisotopic (exact) mass is 451 g/mol. The lowest BCUT2D eigenvalue weighted by Gasteiger charge is -2.32. The van der Waals surface area contributed by atoms with Gasteiger partial charge in [0.15, 0.2) is 6.10 Å². The first-order chi connectivity index (χ1) is 16.0. The van der Waals surface area contributed by atoms with Gasteiger partial charge < -0.3 is 19.5 Å². The molecule has 2 aromatic heterocycles. The maximum atomic E-state index is 12.9. The van der Waals surface area contributed by atoms with Crippen molar-refractivity contribution in [3.63, 3.8) is 0 Å². The van der Waals surface area contributed by atoms with Crippen LogP contribution < -0.4 is 5.32 Å². The molecule has 4 rings (SSSR count). The van der Waals surface area contributed by atoms with E-state index < -0.39 is 6.10 Å². The minimum Gasteiger partial charge on any atom is -0.367 e. The second kappa shape index (κ2) is 9.99. The number of carbonyl (C=O) groups is 2. The molecule has 0 radical (unpaired) electrons. The van der Waals surface area contributed by atoms with E-state index in [1.807, 2.05) is 48.9 Å². The average Bonchev–Trinajstić information content (AvgIpc) is 3.50. The van der Waals surface area contributed by atoms with Crippen molar-refractivity contribution in [3.05, 3.63) is 65.7 Å². The molecular weight excluding hydrogens is 422 g/mol. The maximum absolute atomic E-state index is 12.9. The summed E-state index contributed by atoms with van der Waals surface area (Å²) in [7, 11) is 1.51. The fourth-order valence-electron chi connectivity index (χ4n) is 4.05. The van der Waals surface area contributed by atoms with E-state index in [0.29, 0.717) is 31.7 Å². The molecule has 9 nitrogen and oxygen atoms in total. The molecule has 1 N–H and O–H groups in total. The molecule has 2 amide bonds. The van der Waals surface area contributed by atoms with Gasteiger partial charge in [-0.2, -0.15) is 5.10 Å². The molecule has 33 heavy (non-hydrogen) atoms. The van der Waals surface area contributed by atoms with Gasteiger partial charge in [-0.1, -0.05) is 49.3 Å². The van der Waals surface area contributed by atoms with Gasteiger partial charge in [-0.05, 0) is 24.3 Å². The van der Waals surface area contributed by atoms with E-state index in [9.17, 15) is 9.59 Å². The minimum absolute atomic E-state index is 0.0676. The van der Waals surface area contributed by atoms with Gasteiger partial charge in [-0.15, -0.1) is 0 Å². The van der Waals surface area contributed by atoms with Crippen molar-refractivity contribution in [2.45, 2.75) is 44.8 Å². The van der Waals surface area contributed by atoms with Crippen LogP contribution in [0.1, 0.15) is 66.6 Å². The van der Waals surface area contributed by atoms with Gasteiger partial charge in [0, 0.05) is 32.3 Å². The zero-order chi connectivity index (χ0) is 23.4. The molecule has 3 heterocycles. The Bertz CT molecular complexity index is 1080. The Hall–Kier alpha value is -3.46. The van der Waals surface area contributed by atoms with Gasteiger partial charge in [0.05, 0.1) is 17.9 Å². The number of benzene rings is 1. The maximum Gasteiger partial charge on any atom is 0.292 e. The number of piperidine rings is 1. The normalized spacial score (nSPS) is 15.6. The molecule has 1 aromatic carbocycles.